The first-order valence-corrected chi connectivity index (χ1v) is 6.23. The molecule has 1 aromatic carbocycles. The molecule has 0 unspecified atom stereocenters. The molecule has 10 heteroatoms. The van der Waals surface area contributed by atoms with Gasteiger partial charge in [-0.1, -0.05) is 0 Å². The monoisotopic (exact) mass is 297 g/mol. The maximum absolute atomic E-state index is 12.1. The first-order chi connectivity index (χ1) is 8.62. The van der Waals surface area contributed by atoms with Gasteiger partial charge < -0.3 is 15.2 Å². The highest BCUT2D eigenvalue weighted by Crippen LogP contribution is 2.25. The predicted molar refractivity (Wildman–Crippen MR) is 58.5 cm³/mol. The molecule has 0 saturated heterocycles. The van der Waals surface area contributed by atoms with E-state index in [1.54, 1.807) is 0 Å². The molecule has 106 valence electrons. The molecule has 0 fully saturated rings. The smallest absolute Gasteiger partial charge is 0.516 e. The molecule has 2 N–H and O–H groups in total. The fourth-order valence-corrected chi connectivity index (χ4v) is 1.61. The number of alkyl halides is 3. The molecular formula is C9H8F3N2O4S-. The molecule has 0 aliphatic heterocycles. The topological polar surface area (TPSA) is 98.3 Å². The van der Waals surface area contributed by atoms with Crippen molar-refractivity contribution in [2.75, 3.05) is 16.6 Å². The van der Waals surface area contributed by atoms with Crippen LogP contribution in [0.2, 0.25) is 0 Å². The zero-order valence-electron chi connectivity index (χ0n) is 9.19. The van der Waals surface area contributed by atoms with Gasteiger partial charge >= 0.3 is 15.5 Å². The number of halogens is 3. The molecule has 0 heterocycles. The van der Waals surface area contributed by atoms with E-state index in [0.717, 1.165) is 12.1 Å². The van der Waals surface area contributed by atoms with Crippen molar-refractivity contribution < 1.29 is 31.5 Å². The third kappa shape index (κ3) is 4.32. The number of carboxylic acid groups (broad SMARTS) is 1. The Hall–Kier alpha value is -1.97. The van der Waals surface area contributed by atoms with Gasteiger partial charge in [-0.2, -0.15) is 21.6 Å². The highest BCUT2D eigenvalue weighted by molar-refractivity contribution is 7.93. The number of sulfonamides is 1. The second kappa shape index (κ2) is 5.34. The lowest BCUT2D eigenvalue weighted by molar-refractivity contribution is -0.302. The number of carbonyl (C=O) groups is 1. The first-order valence-electron chi connectivity index (χ1n) is 4.75. The number of benzene rings is 1. The molecule has 1 aromatic rings. The molecule has 0 spiro atoms. The third-order valence-corrected chi connectivity index (χ3v) is 2.99. The largest absolute Gasteiger partial charge is 0.548 e. The summed E-state index contributed by atoms with van der Waals surface area (Å²) in [6.45, 7) is -0.479. The van der Waals surface area contributed by atoms with E-state index in [-0.39, 0.29) is 5.69 Å². The summed E-state index contributed by atoms with van der Waals surface area (Å²) in [5, 5.41) is 12.6. The standard InChI is InChI=1S/C9H9F3N2O4S/c10-9(11,12)19(17,18)14-7-3-1-6(2-4-7)13-5-8(15)16/h1-4,13-14H,5H2,(H,15,16)/p-1. The average Bonchev–Trinajstić information content (AvgIpc) is 2.26. The number of hydrogen-bond donors (Lipinski definition) is 2. The number of carbonyl (C=O) groups excluding carboxylic acids is 1. The van der Waals surface area contributed by atoms with E-state index in [4.69, 9.17) is 0 Å². The molecule has 0 amide bonds. The Balaban J connectivity index is 2.75. The third-order valence-electron chi connectivity index (χ3n) is 1.88. The summed E-state index contributed by atoms with van der Waals surface area (Å²) in [6.07, 6.45) is 0. The molecule has 0 aliphatic carbocycles. The van der Waals surface area contributed by atoms with E-state index in [1.165, 1.54) is 16.9 Å². The van der Waals surface area contributed by atoms with Gasteiger partial charge in [-0.15, -0.1) is 0 Å². The van der Waals surface area contributed by atoms with Gasteiger partial charge in [0.1, 0.15) is 0 Å². The molecule has 0 bridgehead atoms. The number of aliphatic carboxylic acids is 1. The van der Waals surface area contributed by atoms with Crippen LogP contribution in [-0.4, -0.2) is 26.4 Å². The van der Waals surface area contributed by atoms with Crippen molar-refractivity contribution in [2.45, 2.75) is 5.51 Å². The maximum atomic E-state index is 12.1. The maximum Gasteiger partial charge on any atom is 0.516 e. The van der Waals surface area contributed by atoms with Gasteiger partial charge in [-0.3, -0.25) is 4.72 Å². The van der Waals surface area contributed by atoms with Crippen LogP contribution in [0.25, 0.3) is 0 Å². The van der Waals surface area contributed by atoms with Crippen LogP contribution in [0.4, 0.5) is 24.5 Å². The van der Waals surface area contributed by atoms with Crippen LogP contribution in [-0.2, 0) is 14.8 Å². The van der Waals surface area contributed by atoms with Crippen molar-refractivity contribution in [3.8, 4) is 0 Å². The van der Waals surface area contributed by atoms with Crippen molar-refractivity contribution in [3.05, 3.63) is 24.3 Å². The zero-order valence-corrected chi connectivity index (χ0v) is 10.0. The van der Waals surface area contributed by atoms with Crippen molar-refractivity contribution in [1.29, 1.82) is 0 Å². The van der Waals surface area contributed by atoms with Crippen molar-refractivity contribution in [3.63, 3.8) is 0 Å². The normalized spacial score (nSPS) is 11.9. The van der Waals surface area contributed by atoms with Crippen LogP contribution in [0, 0.1) is 0 Å². The summed E-state index contributed by atoms with van der Waals surface area (Å²) in [6, 6.07) is 4.55. The average molecular weight is 297 g/mol. The number of carboxylic acids is 1. The van der Waals surface area contributed by atoms with Gasteiger partial charge in [-0.25, -0.2) is 0 Å². The number of hydrogen-bond acceptors (Lipinski definition) is 5. The zero-order chi connectivity index (χ0) is 14.7. The molecule has 0 atom stereocenters. The lowest BCUT2D eigenvalue weighted by Gasteiger charge is -2.11. The van der Waals surface area contributed by atoms with Gasteiger partial charge in [0.2, 0.25) is 0 Å². The molecule has 0 radical (unpaired) electrons. The fraction of sp³-hybridized carbons (Fsp3) is 0.222. The Labute approximate surface area is 106 Å². The minimum Gasteiger partial charge on any atom is -0.548 e. The minimum absolute atomic E-state index is 0.291. The molecule has 0 aliphatic rings. The van der Waals surface area contributed by atoms with Crippen molar-refractivity contribution in [1.82, 2.24) is 0 Å². The van der Waals surface area contributed by atoms with Crippen LogP contribution < -0.4 is 15.1 Å². The van der Waals surface area contributed by atoms with Crippen LogP contribution in [0.3, 0.4) is 0 Å². The van der Waals surface area contributed by atoms with Crippen LogP contribution in [0.5, 0.6) is 0 Å². The van der Waals surface area contributed by atoms with E-state index in [2.05, 4.69) is 5.32 Å². The molecule has 0 saturated carbocycles. The minimum atomic E-state index is -5.46. The molecule has 0 aromatic heterocycles. The van der Waals surface area contributed by atoms with Gasteiger partial charge in [0.05, 0.1) is 12.5 Å². The lowest BCUT2D eigenvalue weighted by Crippen LogP contribution is -2.30. The summed E-state index contributed by atoms with van der Waals surface area (Å²) in [7, 11) is -5.46. The van der Waals surface area contributed by atoms with E-state index in [1.807, 2.05) is 0 Å². The Morgan fingerprint density at radius 2 is 1.63 bits per heavy atom. The van der Waals surface area contributed by atoms with Gasteiger partial charge in [0.15, 0.2) is 0 Å². The number of rotatable bonds is 5. The molecular weight excluding hydrogens is 289 g/mol. The van der Waals surface area contributed by atoms with Crippen LogP contribution in [0.1, 0.15) is 0 Å². The van der Waals surface area contributed by atoms with E-state index in [0.29, 0.717) is 5.69 Å². The fourth-order valence-electron chi connectivity index (χ4n) is 1.04. The number of nitrogens with one attached hydrogen (secondary N) is 2. The van der Waals surface area contributed by atoms with Gasteiger partial charge in [0, 0.05) is 11.4 Å². The summed E-state index contributed by atoms with van der Waals surface area (Å²) < 4.78 is 59.1. The van der Waals surface area contributed by atoms with Crippen LogP contribution >= 0.6 is 0 Å². The Morgan fingerprint density at radius 3 is 2.05 bits per heavy atom. The Kier molecular flexibility index (Phi) is 4.24. The Morgan fingerprint density at radius 1 is 1.16 bits per heavy atom. The van der Waals surface area contributed by atoms with E-state index < -0.39 is 28.0 Å². The first kappa shape index (κ1) is 15.1. The van der Waals surface area contributed by atoms with Gasteiger partial charge in [0.25, 0.3) is 0 Å². The van der Waals surface area contributed by atoms with Crippen molar-refractivity contribution in [2.24, 2.45) is 0 Å². The van der Waals surface area contributed by atoms with Crippen LogP contribution in [0.15, 0.2) is 24.3 Å². The molecule has 19 heavy (non-hydrogen) atoms. The summed E-state index contributed by atoms with van der Waals surface area (Å²) in [4.78, 5) is 10.1. The molecule has 6 nitrogen and oxygen atoms in total. The quantitative estimate of drug-likeness (QED) is 0.804. The summed E-state index contributed by atoms with van der Waals surface area (Å²) >= 11 is 0. The second-order valence-electron chi connectivity index (χ2n) is 3.35. The number of anilines is 2. The van der Waals surface area contributed by atoms with Crippen molar-refractivity contribution >= 4 is 27.4 Å². The summed E-state index contributed by atoms with van der Waals surface area (Å²) in [5.41, 5.74) is -5.41. The SMILES string of the molecule is O=C([O-])CNc1ccc(NS(=O)(=O)C(F)(F)F)cc1. The second-order valence-corrected chi connectivity index (χ2v) is 5.03. The lowest BCUT2D eigenvalue weighted by atomic mass is 10.3. The highest BCUT2D eigenvalue weighted by atomic mass is 32.2. The Bertz CT molecular complexity index is 554. The summed E-state index contributed by atoms with van der Waals surface area (Å²) in [5.74, 6) is -1.36. The van der Waals surface area contributed by atoms with E-state index in [9.17, 15) is 31.5 Å². The predicted octanol–water partition coefficient (Wildman–Crippen LogP) is 0.110. The molecule has 1 rings (SSSR count). The van der Waals surface area contributed by atoms with E-state index >= 15 is 0 Å². The highest BCUT2D eigenvalue weighted by Gasteiger charge is 2.45. The van der Waals surface area contributed by atoms with Gasteiger partial charge in [-0.05, 0) is 24.3 Å².